The molecule has 1 heterocycles. The van der Waals surface area contributed by atoms with Crippen molar-refractivity contribution >= 4 is 5.97 Å². The van der Waals surface area contributed by atoms with E-state index in [0.29, 0.717) is 18.8 Å². The molecule has 1 aliphatic rings. The van der Waals surface area contributed by atoms with Crippen LogP contribution in [0.25, 0.3) is 0 Å². The summed E-state index contributed by atoms with van der Waals surface area (Å²) in [6.45, 7) is 0.908. The quantitative estimate of drug-likeness (QED) is 0.799. The lowest BCUT2D eigenvalue weighted by Gasteiger charge is -2.15. The molecule has 0 amide bonds. The van der Waals surface area contributed by atoms with E-state index in [2.05, 4.69) is 0 Å². The average Bonchev–Trinajstić information content (AvgIpc) is 2.84. The number of benzene rings is 1. The molecule has 2 rings (SSSR count). The predicted octanol–water partition coefficient (Wildman–Crippen LogP) is 1.24. The molecular formula is C13H16O4. The smallest absolute Gasteiger partial charge is 0.338 e. The van der Waals surface area contributed by atoms with E-state index in [1.54, 1.807) is 24.3 Å². The first kappa shape index (κ1) is 12.1. The first-order chi connectivity index (χ1) is 8.31. The van der Waals surface area contributed by atoms with Crippen LogP contribution in [0.5, 0.6) is 0 Å². The van der Waals surface area contributed by atoms with Gasteiger partial charge in [0.15, 0.2) is 0 Å². The molecule has 4 nitrogen and oxygen atoms in total. The van der Waals surface area contributed by atoms with Crippen LogP contribution in [-0.2, 0) is 9.47 Å². The van der Waals surface area contributed by atoms with Gasteiger partial charge in [-0.15, -0.1) is 0 Å². The van der Waals surface area contributed by atoms with E-state index in [9.17, 15) is 4.79 Å². The van der Waals surface area contributed by atoms with Gasteiger partial charge in [0.1, 0.15) is 0 Å². The fraction of sp³-hybridized carbons (Fsp3) is 0.462. The molecule has 1 aromatic rings. The molecule has 1 saturated heterocycles. The van der Waals surface area contributed by atoms with Crippen LogP contribution >= 0.6 is 0 Å². The van der Waals surface area contributed by atoms with E-state index in [1.165, 1.54) is 0 Å². The zero-order valence-corrected chi connectivity index (χ0v) is 9.54. The van der Waals surface area contributed by atoms with Crippen LogP contribution in [0.15, 0.2) is 30.3 Å². The van der Waals surface area contributed by atoms with Crippen LogP contribution in [0.4, 0.5) is 0 Å². The molecule has 0 bridgehead atoms. The largest absolute Gasteiger partial charge is 0.462 e. The summed E-state index contributed by atoms with van der Waals surface area (Å²) in [5.41, 5.74) is 0.548. The zero-order valence-electron chi connectivity index (χ0n) is 9.54. The summed E-state index contributed by atoms with van der Waals surface area (Å²) >= 11 is 0. The summed E-state index contributed by atoms with van der Waals surface area (Å²) in [4.78, 5) is 11.7. The van der Waals surface area contributed by atoms with E-state index in [4.69, 9.17) is 14.6 Å². The van der Waals surface area contributed by atoms with Crippen molar-refractivity contribution in [3.63, 3.8) is 0 Å². The van der Waals surface area contributed by atoms with Gasteiger partial charge in [-0.3, -0.25) is 0 Å². The maximum atomic E-state index is 11.7. The fourth-order valence-electron chi connectivity index (χ4n) is 1.93. The number of hydrogen-bond donors (Lipinski definition) is 1. The molecular weight excluding hydrogens is 220 g/mol. The van der Waals surface area contributed by atoms with Gasteiger partial charge < -0.3 is 14.6 Å². The third-order valence-corrected chi connectivity index (χ3v) is 2.96. The number of carbonyl (C=O) groups is 1. The topological polar surface area (TPSA) is 55.8 Å². The number of aliphatic hydroxyl groups is 1. The van der Waals surface area contributed by atoms with Crippen LogP contribution in [0.2, 0.25) is 0 Å². The highest BCUT2D eigenvalue weighted by Gasteiger charge is 2.28. The lowest BCUT2D eigenvalue weighted by molar-refractivity contribution is 0.0119. The number of aliphatic hydroxyl groups excluding tert-OH is 1. The van der Waals surface area contributed by atoms with Gasteiger partial charge in [-0.2, -0.15) is 0 Å². The Labute approximate surface area is 100 Å². The van der Waals surface area contributed by atoms with Crippen molar-refractivity contribution < 1.29 is 19.4 Å². The summed E-state index contributed by atoms with van der Waals surface area (Å²) in [7, 11) is 0. The minimum Gasteiger partial charge on any atom is -0.462 e. The average molecular weight is 236 g/mol. The molecule has 1 aromatic carbocycles. The van der Waals surface area contributed by atoms with Crippen LogP contribution in [-0.4, -0.2) is 37.0 Å². The fourth-order valence-corrected chi connectivity index (χ4v) is 1.93. The molecule has 0 aromatic heterocycles. The molecule has 17 heavy (non-hydrogen) atoms. The van der Waals surface area contributed by atoms with Crippen molar-refractivity contribution in [2.75, 3.05) is 19.8 Å². The Bertz CT molecular complexity index is 363. The second kappa shape index (κ2) is 5.80. The predicted molar refractivity (Wildman–Crippen MR) is 61.7 cm³/mol. The number of rotatable bonds is 4. The first-order valence-corrected chi connectivity index (χ1v) is 5.76. The Morgan fingerprint density at radius 3 is 2.88 bits per heavy atom. The number of hydrogen-bond acceptors (Lipinski definition) is 4. The number of esters is 1. The van der Waals surface area contributed by atoms with Crippen molar-refractivity contribution in [3.8, 4) is 0 Å². The molecule has 1 fully saturated rings. The van der Waals surface area contributed by atoms with Crippen LogP contribution < -0.4 is 0 Å². The summed E-state index contributed by atoms with van der Waals surface area (Å²) in [5, 5.41) is 9.05. The zero-order chi connectivity index (χ0) is 12.1. The normalized spacial score (nSPS) is 23.6. The molecule has 2 atom stereocenters. The molecule has 0 unspecified atom stereocenters. The van der Waals surface area contributed by atoms with E-state index in [-0.39, 0.29) is 24.6 Å². The summed E-state index contributed by atoms with van der Waals surface area (Å²) in [6.07, 6.45) is 0.631. The highest BCUT2D eigenvalue weighted by atomic mass is 16.5. The van der Waals surface area contributed by atoms with E-state index >= 15 is 0 Å². The minimum absolute atomic E-state index is 0.0203. The lowest BCUT2D eigenvalue weighted by Crippen LogP contribution is -2.25. The van der Waals surface area contributed by atoms with Gasteiger partial charge in [-0.05, 0) is 18.6 Å². The minimum atomic E-state index is -0.325. The highest BCUT2D eigenvalue weighted by Crippen LogP contribution is 2.21. The second-order valence-electron chi connectivity index (χ2n) is 4.11. The Morgan fingerprint density at radius 2 is 2.18 bits per heavy atom. The Morgan fingerprint density at radius 1 is 1.41 bits per heavy atom. The third kappa shape index (κ3) is 3.05. The van der Waals surface area contributed by atoms with Crippen molar-refractivity contribution in [3.05, 3.63) is 35.9 Å². The number of carbonyl (C=O) groups excluding carboxylic acids is 1. The van der Waals surface area contributed by atoms with Gasteiger partial charge in [0.25, 0.3) is 0 Å². The van der Waals surface area contributed by atoms with E-state index in [1.807, 2.05) is 6.07 Å². The summed E-state index contributed by atoms with van der Waals surface area (Å²) < 4.78 is 10.5. The Kier molecular flexibility index (Phi) is 4.12. The summed E-state index contributed by atoms with van der Waals surface area (Å²) in [6, 6.07) is 8.88. The molecule has 0 spiro atoms. The molecule has 92 valence electrons. The molecule has 4 heteroatoms. The van der Waals surface area contributed by atoms with Crippen LogP contribution in [0.3, 0.4) is 0 Å². The first-order valence-electron chi connectivity index (χ1n) is 5.76. The van der Waals surface area contributed by atoms with Gasteiger partial charge in [-0.25, -0.2) is 4.79 Å². The maximum Gasteiger partial charge on any atom is 0.338 e. The van der Waals surface area contributed by atoms with Gasteiger partial charge in [0.2, 0.25) is 0 Å². The second-order valence-corrected chi connectivity index (χ2v) is 4.11. The molecule has 0 radical (unpaired) electrons. The molecule has 0 aliphatic carbocycles. The Balaban J connectivity index is 1.84. The van der Waals surface area contributed by atoms with Crippen molar-refractivity contribution in [1.82, 2.24) is 0 Å². The van der Waals surface area contributed by atoms with Gasteiger partial charge in [-0.1, -0.05) is 18.2 Å². The standard InChI is InChI=1S/C13H16O4/c14-8-12-11(6-7-16-12)9-17-13(15)10-4-2-1-3-5-10/h1-5,11-12,14H,6-9H2/t11-,12-/m0/s1. The number of ether oxygens (including phenoxy) is 2. The van der Waals surface area contributed by atoms with Crippen LogP contribution in [0, 0.1) is 5.92 Å². The maximum absolute atomic E-state index is 11.7. The lowest BCUT2D eigenvalue weighted by atomic mass is 10.0. The Hall–Kier alpha value is -1.39. The van der Waals surface area contributed by atoms with Gasteiger partial charge >= 0.3 is 5.97 Å². The third-order valence-electron chi connectivity index (χ3n) is 2.96. The monoisotopic (exact) mass is 236 g/mol. The molecule has 1 aliphatic heterocycles. The molecule has 0 saturated carbocycles. The van der Waals surface area contributed by atoms with E-state index in [0.717, 1.165) is 6.42 Å². The SMILES string of the molecule is O=C(OC[C@@H]1CCO[C@H]1CO)c1ccccc1. The van der Waals surface area contributed by atoms with Crippen molar-refractivity contribution in [2.24, 2.45) is 5.92 Å². The molecule has 1 N–H and O–H groups in total. The van der Waals surface area contributed by atoms with Gasteiger partial charge in [0.05, 0.1) is 24.9 Å². The van der Waals surface area contributed by atoms with Crippen molar-refractivity contribution in [2.45, 2.75) is 12.5 Å². The van der Waals surface area contributed by atoms with Crippen LogP contribution in [0.1, 0.15) is 16.8 Å². The van der Waals surface area contributed by atoms with Gasteiger partial charge in [0, 0.05) is 12.5 Å². The highest BCUT2D eigenvalue weighted by molar-refractivity contribution is 5.89. The summed E-state index contributed by atoms with van der Waals surface area (Å²) in [5.74, 6) is -0.221. The van der Waals surface area contributed by atoms with Crippen molar-refractivity contribution in [1.29, 1.82) is 0 Å². The van der Waals surface area contributed by atoms with E-state index < -0.39 is 0 Å².